The Balaban J connectivity index is 2.90. The summed E-state index contributed by atoms with van der Waals surface area (Å²) in [5.74, 6) is 0. The van der Waals surface area contributed by atoms with Crippen molar-refractivity contribution in [1.29, 1.82) is 0 Å². The molecule has 0 heterocycles. The van der Waals surface area contributed by atoms with Crippen LogP contribution in [0.2, 0.25) is 5.02 Å². The first kappa shape index (κ1) is 13.3. The van der Waals surface area contributed by atoms with Gasteiger partial charge in [-0.2, -0.15) is 0 Å². The number of hydrogen-bond acceptors (Lipinski definition) is 2. The highest BCUT2D eigenvalue weighted by atomic mass is 35.5. The highest BCUT2D eigenvalue weighted by Gasteiger charge is 2.09. The monoisotopic (exact) mass is 240 g/mol. The minimum atomic E-state index is 0.290. The zero-order valence-corrected chi connectivity index (χ0v) is 11.3. The molecule has 0 saturated heterocycles. The Hall–Kier alpha value is -0.730. The third-order valence-corrected chi connectivity index (χ3v) is 3.21. The van der Waals surface area contributed by atoms with E-state index in [4.69, 9.17) is 11.6 Å². The quantitative estimate of drug-likeness (QED) is 0.848. The summed E-state index contributed by atoms with van der Waals surface area (Å²) < 4.78 is 0. The molecule has 1 N–H and O–H groups in total. The van der Waals surface area contributed by atoms with Gasteiger partial charge in [0.25, 0.3) is 0 Å². The van der Waals surface area contributed by atoms with Gasteiger partial charge < -0.3 is 10.2 Å². The lowest BCUT2D eigenvalue weighted by atomic mass is 10.1. The van der Waals surface area contributed by atoms with Crippen molar-refractivity contribution >= 4 is 17.3 Å². The first-order valence-corrected chi connectivity index (χ1v) is 6.15. The SMILES string of the molecule is CCCN(C)c1ccc(C(C)NC)c(Cl)c1. The Kier molecular flexibility index (Phi) is 5.10. The fraction of sp³-hybridized carbons (Fsp3) is 0.538. The first-order valence-electron chi connectivity index (χ1n) is 5.78. The van der Waals surface area contributed by atoms with E-state index in [9.17, 15) is 0 Å². The summed E-state index contributed by atoms with van der Waals surface area (Å²) >= 11 is 6.28. The molecule has 1 atom stereocenters. The maximum absolute atomic E-state index is 6.28. The highest BCUT2D eigenvalue weighted by Crippen LogP contribution is 2.27. The molecule has 90 valence electrons. The molecule has 0 radical (unpaired) electrons. The van der Waals surface area contributed by atoms with Crippen LogP contribution in [0.15, 0.2) is 18.2 Å². The normalized spacial score (nSPS) is 12.6. The van der Waals surface area contributed by atoms with Gasteiger partial charge in [-0.25, -0.2) is 0 Å². The lowest BCUT2D eigenvalue weighted by molar-refractivity contribution is 0.652. The number of halogens is 1. The molecule has 0 saturated carbocycles. The molecule has 16 heavy (non-hydrogen) atoms. The maximum Gasteiger partial charge on any atom is 0.0474 e. The molecule has 3 heteroatoms. The summed E-state index contributed by atoms with van der Waals surface area (Å²) in [6, 6.07) is 6.56. The summed E-state index contributed by atoms with van der Waals surface area (Å²) in [5.41, 5.74) is 2.33. The number of nitrogens with one attached hydrogen (secondary N) is 1. The summed E-state index contributed by atoms with van der Waals surface area (Å²) in [7, 11) is 4.04. The van der Waals surface area contributed by atoms with E-state index in [1.807, 2.05) is 13.1 Å². The predicted molar refractivity (Wildman–Crippen MR) is 72.5 cm³/mol. The molecule has 1 aromatic rings. The third kappa shape index (κ3) is 3.13. The van der Waals surface area contributed by atoms with Crippen molar-refractivity contribution in [3.63, 3.8) is 0 Å². The summed E-state index contributed by atoms with van der Waals surface area (Å²) in [6.07, 6.45) is 1.14. The van der Waals surface area contributed by atoms with Crippen LogP contribution in [0.5, 0.6) is 0 Å². The van der Waals surface area contributed by atoms with Gasteiger partial charge in [-0.05, 0) is 38.1 Å². The van der Waals surface area contributed by atoms with Crippen LogP contribution >= 0.6 is 11.6 Å². The molecule has 0 amide bonds. The summed E-state index contributed by atoms with van der Waals surface area (Å²) in [6.45, 7) is 5.34. The standard InChI is InChI=1S/C13H21ClN2/c1-5-8-16(4)11-6-7-12(10(2)15-3)13(14)9-11/h6-7,9-10,15H,5,8H2,1-4H3. The van der Waals surface area contributed by atoms with Crippen molar-refractivity contribution in [1.82, 2.24) is 5.32 Å². The van der Waals surface area contributed by atoms with Crippen LogP contribution in [0.1, 0.15) is 31.9 Å². The Morgan fingerprint density at radius 2 is 2.12 bits per heavy atom. The zero-order chi connectivity index (χ0) is 12.1. The highest BCUT2D eigenvalue weighted by molar-refractivity contribution is 6.31. The number of hydrogen-bond donors (Lipinski definition) is 1. The van der Waals surface area contributed by atoms with Gasteiger partial charge in [0.15, 0.2) is 0 Å². The van der Waals surface area contributed by atoms with Crippen molar-refractivity contribution in [3.05, 3.63) is 28.8 Å². The van der Waals surface area contributed by atoms with E-state index in [0.29, 0.717) is 0 Å². The number of nitrogens with zero attached hydrogens (tertiary/aromatic N) is 1. The van der Waals surface area contributed by atoms with Gasteiger partial charge in [0, 0.05) is 30.3 Å². The largest absolute Gasteiger partial charge is 0.375 e. The van der Waals surface area contributed by atoms with Crippen LogP contribution in [0, 0.1) is 0 Å². The van der Waals surface area contributed by atoms with Crippen LogP contribution in [0.25, 0.3) is 0 Å². The Morgan fingerprint density at radius 1 is 1.44 bits per heavy atom. The van der Waals surface area contributed by atoms with Crippen molar-refractivity contribution in [2.24, 2.45) is 0 Å². The van der Waals surface area contributed by atoms with Crippen molar-refractivity contribution in [2.75, 3.05) is 25.5 Å². The zero-order valence-electron chi connectivity index (χ0n) is 10.5. The smallest absolute Gasteiger partial charge is 0.0474 e. The van der Waals surface area contributed by atoms with E-state index in [0.717, 1.165) is 23.6 Å². The number of benzene rings is 1. The molecule has 0 spiro atoms. The molecule has 0 aliphatic carbocycles. The minimum absolute atomic E-state index is 0.290. The molecule has 0 aromatic heterocycles. The summed E-state index contributed by atoms with van der Waals surface area (Å²) in [4.78, 5) is 2.22. The van der Waals surface area contributed by atoms with Gasteiger partial charge in [0.1, 0.15) is 0 Å². The fourth-order valence-corrected chi connectivity index (χ4v) is 2.06. The second-order valence-corrected chi connectivity index (χ2v) is 4.54. The average molecular weight is 241 g/mol. The van der Waals surface area contributed by atoms with E-state index in [2.05, 4.69) is 43.2 Å². The van der Waals surface area contributed by atoms with Gasteiger partial charge in [-0.1, -0.05) is 24.6 Å². The van der Waals surface area contributed by atoms with E-state index in [1.54, 1.807) is 0 Å². The topological polar surface area (TPSA) is 15.3 Å². The molecule has 1 rings (SSSR count). The molecular formula is C13H21ClN2. The van der Waals surface area contributed by atoms with Gasteiger partial charge in [-0.3, -0.25) is 0 Å². The Labute approximate surface area is 104 Å². The molecular weight excluding hydrogens is 220 g/mol. The van der Waals surface area contributed by atoms with E-state index < -0.39 is 0 Å². The molecule has 2 nitrogen and oxygen atoms in total. The van der Waals surface area contributed by atoms with Gasteiger partial charge in [0.2, 0.25) is 0 Å². The lowest BCUT2D eigenvalue weighted by Gasteiger charge is -2.20. The maximum atomic E-state index is 6.28. The van der Waals surface area contributed by atoms with Crippen LogP contribution < -0.4 is 10.2 Å². The number of anilines is 1. The van der Waals surface area contributed by atoms with Crippen LogP contribution in [0.3, 0.4) is 0 Å². The van der Waals surface area contributed by atoms with Crippen LogP contribution in [0.4, 0.5) is 5.69 Å². The van der Waals surface area contributed by atoms with Gasteiger partial charge in [0.05, 0.1) is 0 Å². The van der Waals surface area contributed by atoms with Crippen LogP contribution in [-0.2, 0) is 0 Å². The molecule has 0 fully saturated rings. The van der Waals surface area contributed by atoms with E-state index in [1.165, 1.54) is 5.69 Å². The van der Waals surface area contributed by atoms with E-state index >= 15 is 0 Å². The third-order valence-electron chi connectivity index (χ3n) is 2.88. The van der Waals surface area contributed by atoms with Gasteiger partial charge >= 0.3 is 0 Å². The first-order chi connectivity index (χ1) is 7.60. The average Bonchev–Trinajstić information content (AvgIpc) is 2.28. The lowest BCUT2D eigenvalue weighted by Crippen LogP contribution is -2.18. The Morgan fingerprint density at radius 3 is 2.62 bits per heavy atom. The van der Waals surface area contributed by atoms with Crippen LogP contribution in [-0.4, -0.2) is 20.6 Å². The second-order valence-electron chi connectivity index (χ2n) is 4.14. The molecule has 0 aliphatic heterocycles. The second kappa shape index (κ2) is 6.12. The van der Waals surface area contributed by atoms with Crippen molar-refractivity contribution < 1.29 is 0 Å². The fourth-order valence-electron chi connectivity index (χ4n) is 1.72. The Bertz CT molecular complexity index is 339. The van der Waals surface area contributed by atoms with Crippen molar-refractivity contribution in [3.8, 4) is 0 Å². The summed E-state index contributed by atoms with van der Waals surface area (Å²) in [5, 5.41) is 4.03. The molecule has 0 bridgehead atoms. The molecule has 1 aromatic carbocycles. The predicted octanol–water partition coefficient (Wildman–Crippen LogP) is 3.47. The number of rotatable bonds is 5. The van der Waals surface area contributed by atoms with Gasteiger partial charge in [-0.15, -0.1) is 0 Å². The van der Waals surface area contributed by atoms with E-state index in [-0.39, 0.29) is 6.04 Å². The molecule has 0 aliphatic rings. The minimum Gasteiger partial charge on any atom is -0.375 e. The van der Waals surface area contributed by atoms with Crippen molar-refractivity contribution in [2.45, 2.75) is 26.3 Å². The molecule has 1 unspecified atom stereocenters.